The summed E-state index contributed by atoms with van der Waals surface area (Å²) >= 11 is 0. The van der Waals surface area contributed by atoms with Crippen molar-refractivity contribution in [2.24, 2.45) is 10.7 Å². The Labute approximate surface area is 141 Å². The molecule has 2 aromatic carbocycles. The molecule has 2 aromatic rings. The number of benzene rings is 2. The molecule has 0 aliphatic carbocycles. The minimum absolute atomic E-state index is 0.303. The van der Waals surface area contributed by atoms with Gasteiger partial charge in [-0.25, -0.2) is 13.4 Å². The fourth-order valence-corrected chi connectivity index (χ4v) is 2.46. The van der Waals surface area contributed by atoms with E-state index in [0.29, 0.717) is 30.5 Å². The summed E-state index contributed by atoms with van der Waals surface area (Å²) in [6.07, 6.45) is 1.09. The molecule has 0 amide bonds. The van der Waals surface area contributed by atoms with Gasteiger partial charge in [0.15, 0.2) is 5.96 Å². The van der Waals surface area contributed by atoms with Crippen molar-refractivity contribution in [2.75, 3.05) is 29.4 Å². The highest BCUT2D eigenvalue weighted by Crippen LogP contribution is 2.18. The van der Waals surface area contributed by atoms with E-state index < -0.39 is 10.0 Å². The van der Waals surface area contributed by atoms with Crippen LogP contribution in [0.15, 0.2) is 59.6 Å². The zero-order valence-corrected chi connectivity index (χ0v) is 14.1. The maximum atomic E-state index is 11.2. The SMILES string of the molecule is CS(=O)(=O)Nc1cccc(OCCN=C(N)Nc2ccccc2)c1. The summed E-state index contributed by atoms with van der Waals surface area (Å²) < 4.78 is 30.3. The number of hydrogen-bond acceptors (Lipinski definition) is 4. The van der Waals surface area contributed by atoms with E-state index in [9.17, 15) is 8.42 Å². The second-order valence-corrected chi connectivity index (χ2v) is 6.76. The number of rotatable bonds is 7. The molecule has 0 aliphatic heterocycles. The molecule has 0 saturated heterocycles. The van der Waals surface area contributed by atoms with Crippen molar-refractivity contribution in [3.05, 3.63) is 54.6 Å². The highest BCUT2D eigenvalue weighted by Gasteiger charge is 2.03. The molecular weight excluding hydrogens is 328 g/mol. The average Bonchev–Trinajstić information content (AvgIpc) is 2.51. The van der Waals surface area contributed by atoms with Gasteiger partial charge in [0.25, 0.3) is 0 Å². The molecule has 2 rings (SSSR count). The second kappa shape index (κ2) is 8.21. The number of guanidine groups is 1. The van der Waals surface area contributed by atoms with E-state index in [4.69, 9.17) is 10.5 Å². The summed E-state index contributed by atoms with van der Waals surface area (Å²) in [7, 11) is -3.31. The van der Waals surface area contributed by atoms with Crippen molar-refractivity contribution >= 4 is 27.4 Å². The molecule has 0 radical (unpaired) electrons. The first-order valence-corrected chi connectivity index (χ1v) is 9.14. The number of ether oxygens (including phenoxy) is 1. The number of nitrogens with one attached hydrogen (secondary N) is 2. The van der Waals surface area contributed by atoms with Crippen molar-refractivity contribution in [2.45, 2.75) is 0 Å². The number of aliphatic imine (C=N–C) groups is 1. The van der Waals surface area contributed by atoms with E-state index in [2.05, 4.69) is 15.0 Å². The average molecular weight is 348 g/mol. The molecule has 8 heteroatoms. The van der Waals surface area contributed by atoms with Gasteiger partial charge < -0.3 is 15.8 Å². The van der Waals surface area contributed by atoms with Gasteiger partial charge in [0, 0.05) is 11.8 Å². The summed E-state index contributed by atoms with van der Waals surface area (Å²) in [6.45, 7) is 0.689. The molecule has 24 heavy (non-hydrogen) atoms. The van der Waals surface area contributed by atoms with Crippen LogP contribution < -0.4 is 20.5 Å². The number of sulfonamides is 1. The van der Waals surface area contributed by atoms with Gasteiger partial charge in [-0.3, -0.25) is 4.72 Å². The molecule has 0 heterocycles. The maximum absolute atomic E-state index is 11.2. The Balaban J connectivity index is 1.81. The first-order chi connectivity index (χ1) is 11.4. The Kier molecular flexibility index (Phi) is 6.02. The third-order valence-corrected chi connectivity index (χ3v) is 3.43. The van der Waals surface area contributed by atoms with Crippen LogP contribution in [-0.2, 0) is 10.0 Å². The monoisotopic (exact) mass is 348 g/mol. The molecule has 0 aliphatic rings. The number of anilines is 2. The van der Waals surface area contributed by atoms with Gasteiger partial charge in [-0.05, 0) is 24.3 Å². The highest BCUT2D eigenvalue weighted by molar-refractivity contribution is 7.92. The van der Waals surface area contributed by atoms with Crippen LogP contribution in [0, 0.1) is 0 Å². The third-order valence-electron chi connectivity index (χ3n) is 2.83. The zero-order valence-electron chi connectivity index (χ0n) is 13.3. The lowest BCUT2D eigenvalue weighted by molar-refractivity contribution is 0.329. The predicted molar refractivity (Wildman–Crippen MR) is 97.0 cm³/mol. The molecule has 0 unspecified atom stereocenters. The largest absolute Gasteiger partial charge is 0.492 e. The lowest BCUT2D eigenvalue weighted by Crippen LogP contribution is -2.23. The molecule has 7 nitrogen and oxygen atoms in total. The summed E-state index contributed by atoms with van der Waals surface area (Å²) in [5.74, 6) is 0.853. The first-order valence-electron chi connectivity index (χ1n) is 7.25. The third kappa shape index (κ3) is 6.57. The van der Waals surface area contributed by atoms with Gasteiger partial charge in [-0.1, -0.05) is 24.3 Å². The topological polar surface area (TPSA) is 106 Å². The van der Waals surface area contributed by atoms with Crippen LogP contribution >= 0.6 is 0 Å². The van der Waals surface area contributed by atoms with Crippen LogP contribution in [0.1, 0.15) is 0 Å². The molecule has 128 valence electrons. The Bertz CT molecular complexity index is 792. The van der Waals surface area contributed by atoms with Gasteiger partial charge in [-0.15, -0.1) is 0 Å². The number of para-hydroxylation sites is 1. The van der Waals surface area contributed by atoms with Crippen molar-refractivity contribution in [1.82, 2.24) is 0 Å². The number of nitrogens with zero attached hydrogens (tertiary/aromatic N) is 1. The van der Waals surface area contributed by atoms with Crippen LogP contribution in [0.5, 0.6) is 5.75 Å². The van der Waals surface area contributed by atoms with Gasteiger partial charge >= 0.3 is 0 Å². The normalized spacial score (nSPS) is 11.8. The standard InChI is InChI=1S/C16H20N4O3S/c1-24(21,22)20-14-8-5-9-15(12-14)23-11-10-18-16(17)19-13-6-3-2-4-7-13/h2-9,12,20H,10-11H2,1H3,(H3,17,18,19). The van der Waals surface area contributed by atoms with Crippen LogP contribution in [-0.4, -0.2) is 33.8 Å². The summed E-state index contributed by atoms with van der Waals surface area (Å²) in [6, 6.07) is 16.2. The maximum Gasteiger partial charge on any atom is 0.229 e. The van der Waals surface area contributed by atoms with E-state index >= 15 is 0 Å². The Morgan fingerprint density at radius 3 is 2.54 bits per heavy atom. The molecule has 0 saturated carbocycles. The Morgan fingerprint density at radius 1 is 1.12 bits per heavy atom. The van der Waals surface area contributed by atoms with Crippen molar-refractivity contribution in [3.63, 3.8) is 0 Å². The van der Waals surface area contributed by atoms with Gasteiger partial charge in [0.1, 0.15) is 12.4 Å². The molecule has 0 bridgehead atoms. The fourth-order valence-electron chi connectivity index (χ4n) is 1.90. The van der Waals surface area contributed by atoms with E-state index in [1.54, 1.807) is 24.3 Å². The minimum Gasteiger partial charge on any atom is -0.492 e. The summed E-state index contributed by atoms with van der Waals surface area (Å²) in [5, 5.41) is 2.97. The van der Waals surface area contributed by atoms with E-state index in [0.717, 1.165) is 11.9 Å². The fraction of sp³-hybridized carbons (Fsp3) is 0.188. The van der Waals surface area contributed by atoms with Crippen LogP contribution in [0.2, 0.25) is 0 Å². The predicted octanol–water partition coefficient (Wildman–Crippen LogP) is 1.86. The zero-order chi connectivity index (χ0) is 17.4. The molecular formula is C16H20N4O3S. The smallest absolute Gasteiger partial charge is 0.229 e. The van der Waals surface area contributed by atoms with E-state index in [1.165, 1.54) is 0 Å². The summed E-state index contributed by atoms with van der Waals surface area (Å²) in [4.78, 5) is 4.16. The molecule has 4 N–H and O–H groups in total. The van der Waals surface area contributed by atoms with E-state index in [-0.39, 0.29) is 0 Å². The lowest BCUT2D eigenvalue weighted by Gasteiger charge is -2.08. The first kappa shape index (κ1) is 17.6. The molecule has 0 atom stereocenters. The number of nitrogens with two attached hydrogens (primary N) is 1. The molecule has 0 aromatic heterocycles. The quantitative estimate of drug-likeness (QED) is 0.402. The Morgan fingerprint density at radius 2 is 1.83 bits per heavy atom. The number of hydrogen-bond donors (Lipinski definition) is 3. The van der Waals surface area contributed by atoms with E-state index in [1.807, 2.05) is 30.3 Å². The van der Waals surface area contributed by atoms with Crippen LogP contribution in [0.4, 0.5) is 11.4 Å². The second-order valence-electron chi connectivity index (χ2n) is 5.01. The van der Waals surface area contributed by atoms with Crippen LogP contribution in [0.3, 0.4) is 0 Å². The van der Waals surface area contributed by atoms with Crippen molar-refractivity contribution in [3.8, 4) is 5.75 Å². The minimum atomic E-state index is -3.31. The van der Waals surface area contributed by atoms with Crippen molar-refractivity contribution < 1.29 is 13.2 Å². The molecule has 0 spiro atoms. The Hall–Kier alpha value is -2.74. The van der Waals surface area contributed by atoms with Gasteiger partial charge in [0.2, 0.25) is 10.0 Å². The molecule has 0 fully saturated rings. The van der Waals surface area contributed by atoms with Gasteiger partial charge in [-0.2, -0.15) is 0 Å². The van der Waals surface area contributed by atoms with Crippen molar-refractivity contribution in [1.29, 1.82) is 0 Å². The van der Waals surface area contributed by atoms with Crippen LogP contribution in [0.25, 0.3) is 0 Å². The lowest BCUT2D eigenvalue weighted by atomic mass is 10.3. The van der Waals surface area contributed by atoms with Gasteiger partial charge in [0.05, 0.1) is 18.5 Å². The summed E-state index contributed by atoms with van der Waals surface area (Å²) in [5.41, 5.74) is 7.09. The highest BCUT2D eigenvalue weighted by atomic mass is 32.2.